The van der Waals surface area contributed by atoms with Crippen LogP contribution < -0.4 is 16.0 Å². The van der Waals surface area contributed by atoms with Crippen LogP contribution in [0, 0.1) is 0 Å². The van der Waals surface area contributed by atoms with Crippen molar-refractivity contribution in [3.8, 4) is 0 Å². The Morgan fingerprint density at radius 3 is 2.84 bits per heavy atom. The van der Waals surface area contributed by atoms with Crippen LogP contribution in [-0.4, -0.2) is 39.3 Å². The summed E-state index contributed by atoms with van der Waals surface area (Å²) in [5.41, 5.74) is 8.11. The average Bonchev–Trinajstić information content (AvgIpc) is 3.23. The molecular weight excluding hydrogens is 242 g/mol. The maximum atomic E-state index is 12.0. The van der Waals surface area contributed by atoms with Crippen molar-refractivity contribution in [2.24, 2.45) is 0 Å². The highest BCUT2D eigenvalue weighted by atomic mass is 16.5. The lowest BCUT2D eigenvalue weighted by atomic mass is 10.1. The Morgan fingerprint density at radius 1 is 1.53 bits per heavy atom. The average molecular weight is 263 g/mol. The molecule has 0 aromatic heterocycles. The van der Waals surface area contributed by atoms with E-state index in [1.54, 1.807) is 26.3 Å². The molecule has 0 aliphatic heterocycles. The highest BCUT2D eigenvalue weighted by molar-refractivity contribution is 6.00. The Labute approximate surface area is 113 Å². The van der Waals surface area contributed by atoms with E-state index in [1.165, 1.54) is 0 Å². The number of carbonyl (C=O) groups is 1. The number of nitrogens with two attached hydrogens (primary N) is 1. The second-order valence-electron chi connectivity index (χ2n) is 4.77. The van der Waals surface area contributed by atoms with Gasteiger partial charge >= 0.3 is 0 Å². The van der Waals surface area contributed by atoms with Crippen LogP contribution in [0.5, 0.6) is 0 Å². The lowest BCUT2D eigenvalue weighted by Crippen LogP contribution is -2.32. The molecule has 0 radical (unpaired) electrons. The monoisotopic (exact) mass is 263 g/mol. The van der Waals surface area contributed by atoms with Gasteiger partial charge in [-0.1, -0.05) is 0 Å². The zero-order valence-electron chi connectivity index (χ0n) is 11.5. The number of nitrogens with zero attached hydrogens (tertiary/aromatic N) is 1. The molecule has 19 heavy (non-hydrogen) atoms. The van der Waals surface area contributed by atoms with Crippen LogP contribution in [0.1, 0.15) is 23.2 Å². The summed E-state index contributed by atoms with van der Waals surface area (Å²) in [7, 11) is 3.32. The Balaban J connectivity index is 2.33. The van der Waals surface area contributed by atoms with E-state index < -0.39 is 0 Å². The van der Waals surface area contributed by atoms with Gasteiger partial charge in [0.15, 0.2) is 0 Å². The predicted octanol–water partition coefficient (Wildman–Crippen LogP) is 1.24. The summed E-state index contributed by atoms with van der Waals surface area (Å²) in [6, 6.07) is 5.92. The molecule has 3 N–H and O–H groups in total. The molecule has 0 saturated heterocycles. The summed E-state index contributed by atoms with van der Waals surface area (Å²) in [4.78, 5) is 14.2. The van der Waals surface area contributed by atoms with Crippen LogP contribution >= 0.6 is 0 Å². The van der Waals surface area contributed by atoms with Crippen molar-refractivity contribution in [1.82, 2.24) is 5.32 Å². The summed E-state index contributed by atoms with van der Waals surface area (Å²) in [5.74, 6) is -0.0851. The first-order valence-corrected chi connectivity index (χ1v) is 6.54. The fraction of sp³-hybridized carbons (Fsp3) is 0.500. The molecule has 0 atom stereocenters. The lowest BCUT2D eigenvalue weighted by Gasteiger charge is -2.26. The third kappa shape index (κ3) is 3.17. The number of anilines is 2. The summed E-state index contributed by atoms with van der Waals surface area (Å²) in [6.07, 6.45) is 2.32. The topological polar surface area (TPSA) is 67.6 Å². The molecule has 1 saturated carbocycles. The number of carbonyl (C=O) groups excluding carboxylic acids is 1. The Kier molecular flexibility index (Phi) is 4.27. The first kappa shape index (κ1) is 13.7. The molecule has 2 rings (SSSR count). The smallest absolute Gasteiger partial charge is 0.253 e. The number of nitrogen functional groups attached to an aromatic ring is 1. The second-order valence-corrected chi connectivity index (χ2v) is 4.77. The van der Waals surface area contributed by atoms with Crippen LogP contribution in [0.15, 0.2) is 18.2 Å². The number of hydrogen-bond acceptors (Lipinski definition) is 4. The van der Waals surface area contributed by atoms with Crippen molar-refractivity contribution in [2.45, 2.75) is 18.9 Å². The maximum Gasteiger partial charge on any atom is 0.253 e. The standard InChI is InChI=1S/C14H21N3O2/c1-16-14(18)12-6-3-10(15)9-13(12)17(7-8-19-2)11-4-5-11/h3,6,9,11H,4-5,7-8,15H2,1-2H3,(H,16,18). The van der Waals surface area contributed by atoms with Gasteiger partial charge < -0.3 is 20.7 Å². The number of hydrogen-bond donors (Lipinski definition) is 2. The summed E-state index contributed by atoms with van der Waals surface area (Å²) in [5, 5.41) is 2.67. The van der Waals surface area contributed by atoms with Gasteiger partial charge in [-0.2, -0.15) is 0 Å². The Bertz CT molecular complexity index is 458. The molecule has 5 heteroatoms. The van der Waals surface area contributed by atoms with Gasteiger partial charge in [-0.05, 0) is 31.0 Å². The van der Waals surface area contributed by atoms with Gasteiger partial charge in [0, 0.05) is 32.4 Å². The largest absolute Gasteiger partial charge is 0.399 e. The van der Waals surface area contributed by atoms with Crippen molar-refractivity contribution in [1.29, 1.82) is 0 Å². The van der Waals surface area contributed by atoms with E-state index >= 15 is 0 Å². The van der Waals surface area contributed by atoms with E-state index in [4.69, 9.17) is 10.5 Å². The fourth-order valence-corrected chi connectivity index (χ4v) is 2.19. The third-order valence-corrected chi connectivity index (χ3v) is 3.33. The van der Waals surface area contributed by atoms with Gasteiger partial charge in [0.2, 0.25) is 0 Å². The highest BCUT2D eigenvalue weighted by Crippen LogP contribution is 2.34. The first-order valence-electron chi connectivity index (χ1n) is 6.54. The predicted molar refractivity (Wildman–Crippen MR) is 76.5 cm³/mol. The molecule has 0 bridgehead atoms. The number of methoxy groups -OCH3 is 1. The van der Waals surface area contributed by atoms with Crippen molar-refractivity contribution in [3.05, 3.63) is 23.8 Å². The maximum absolute atomic E-state index is 12.0. The number of amides is 1. The fourth-order valence-electron chi connectivity index (χ4n) is 2.19. The molecule has 1 fully saturated rings. The number of benzene rings is 1. The molecule has 1 aromatic carbocycles. The summed E-state index contributed by atoms with van der Waals surface area (Å²) < 4.78 is 5.16. The molecule has 0 spiro atoms. The highest BCUT2D eigenvalue weighted by Gasteiger charge is 2.31. The SMILES string of the molecule is CNC(=O)c1ccc(N)cc1N(CCOC)C1CC1. The minimum Gasteiger partial charge on any atom is -0.399 e. The van der Waals surface area contributed by atoms with Gasteiger partial charge in [0.1, 0.15) is 0 Å². The second kappa shape index (κ2) is 5.93. The molecule has 0 unspecified atom stereocenters. The van der Waals surface area contributed by atoms with Crippen LogP contribution in [0.4, 0.5) is 11.4 Å². The lowest BCUT2D eigenvalue weighted by molar-refractivity contribution is 0.0963. The van der Waals surface area contributed by atoms with Gasteiger partial charge in [0.25, 0.3) is 5.91 Å². The number of ether oxygens (including phenoxy) is 1. The van der Waals surface area contributed by atoms with E-state index in [2.05, 4.69) is 10.2 Å². The molecule has 5 nitrogen and oxygen atoms in total. The van der Waals surface area contributed by atoms with Crippen molar-refractivity contribution in [2.75, 3.05) is 37.9 Å². The quantitative estimate of drug-likeness (QED) is 0.758. The minimum absolute atomic E-state index is 0.0851. The van der Waals surface area contributed by atoms with Crippen molar-refractivity contribution in [3.63, 3.8) is 0 Å². The van der Waals surface area contributed by atoms with E-state index in [0.29, 0.717) is 23.9 Å². The van der Waals surface area contributed by atoms with Crippen molar-refractivity contribution < 1.29 is 9.53 Å². The number of rotatable bonds is 6. The Hall–Kier alpha value is -1.75. The van der Waals surface area contributed by atoms with Crippen LogP contribution in [0.3, 0.4) is 0 Å². The third-order valence-electron chi connectivity index (χ3n) is 3.33. The minimum atomic E-state index is -0.0851. The van der Waals surface area contributed by atoms with Gasteiger partial charge in [-0.3, -0.25) is 4.79 Å². The molecule has 104 valence electrons. The Morgan fingerprint density at radius 2 is 2.26 bits per heavy atom. The van der Waals surface area contributed by atoms with Crippen LogP contribution in [0.2, 0.25) is 0 Å². The molecule has 1 amide bonds. The van der Waals surface area contributed by atoms with E-state index in [-0.39, 0.29) is 5.91 Å². The molecule has 1 aromatic rings. The first-order chi connectivity index (χ1) is 9.17. The molecule has 1 aliphatic carbocycles. The molecule has 1 aliphatic rings. The zero-order chi connectivity index (χ0) is 13.8. The van der Waals surface area contributed by atoms with Gasteiger partial charge in [-0.25, -0.2) is 0 Å². The van der Waals surface area contributed by atoms with Gasteiger partial charge in [-0.15, -0.1) is 0 Å². The summed E-state index contributed by atoms with van der Waals surface area (Å²) in [6.45, 7) is 1.41. The number of nitrogens with one attached hydrogen (secondary N) is 1. The van der Waals surface area contributed by atoms with Crippen molar-refractivity contribution >= 4 is 17.3 Å². The van der Waals surface area contributed by atoms with Gasteiger partial charge in [0.05, 0.1) is 17.9 Å². The van der Waals surface area contributed by atoms with E-state index in [1.807, 2.05) is 6.07 Å². The van der Waals surface area contributed by atoms with E-state index in [9.17, 15) is 4.79 Å². The summed E-state index contributed by atoms with van der Waals surface area (Å²) >= 11 is 0. The zero-order valence-corrected chi connectivity index (χ0v) is 11.5. The normalized spacial score (nSPS) is 14.2. The molecular formula is C14H21N3O2. The van der Waals surface area contributed by atoms with Crippen LogP contribution in [0.25, 0.3) is 0 Å². The van der Waals surface area contributed by atoms with Crippen LogP contribution in [-0.2, 0) is 4.74 Å². The molecule has 0 heterocycles. The van der Waals surface area contributed by atoms with E-state index in [0.717, 1.165) is 25.1 Å².